The highest BCUT2D eigenvalue weighted by Gasteiger charge is 2.28. The van der Waals surface area contributed by atoms with Crippen LogP contribution in [0, 0.1) is 11.7 Å². The van der Waals surface area contributed by atoms with E-state index in [-0.39, 0.29) is 11.9 Å². The molecule has 1 N–H and O–H groups in total. The lowest BCUT2D eigenvalue weighted by molar-refractivity contribution is 0.139. The predicted molar refractivity (Wildman–Crippen MR) is 58.1 cm³/mol. The molecule has 0 radical (unpaired) electrons. The number of hydrogen-bond donors (Lipinski definition) is 1. The lowest BCUT2D eigenvalue weighted by Crippen LogP contribution is -2.08. The second-order valence-corrected chi connectivity index (χ2v) is 4.42. The zero-order valence-electron chi connectivity index (χ0n) is 8.82. The smallest absolute Gasteiger partial charge is 0.123 e. The first kappa shape index (κ1) is 10.6. The Labute approximate surface area is 89.9 Å². The topological polar surface area (TPSA) is 20.2 Å². The molecular formula is C13H17FO. The first-order valence-electron chi connectivity index (χ1n) is 5.68. The van der Waals surface area contributed by atoms with Crippen LogP contribution in [0.5, 0.6) is 0 Å². The van der Waals surface area contributed by atoms with Crippen molar-refractivity contribution < 1.29 is 9.50 Å². The third-order valence-electron chi connectivity index (χ3n) is 3.04. The van der Waals surface area contributed by atoms with Gasteiger partial charge in [-0.3, -0.25) is 0 Å². The number of aryl methyl sites for hydroxylation is 1. The quantitative estimate of drug-likeness (QED) is 0.788. The van der Waals surface area contributed by atoms with E-state index in [1.807, 2.05) is 12.1 Å². The normalized spacial score (nSPS) is 17.7. The fourth-order valence-corrected chi connectivity index (χ4v) is 1.88. The summed E-state index contributed by atoms with van der Waals surface area (Å²) < 4.78 is 12.6. The van der Waals surface area contributed by atoms with Crippen LogP contribution in [0.1, 0.15) is 31.2 Å². The van der Waals surface area contributed by atoms with E-state index in [4.69, 9.17) is 0 Å². The zero-order valence-corrected chi connectivity index (χ0v) is 8.82. The molecule has 1 aliphatic carbocycles. The average molecular weight is 208 g/mol. The zero-order chi connectivity index (χ0) is 10.7. The minimum atomic E-state index is -0.184. The highest BCUT2D eigenvalue weighted by Crippen LogP contribution is 2.34. The van der Waals surface area contributed by atoms with Crippen LogP contribution in [0.4, 0.5) is 4.39 Å². The van der Waals surface area contributed by atoms with Gasteiger partial charge in [0.05, 0.1) is 6.10 Å². The predicted octanol–water partition coefficient (Wildman–Crippen LogP) is 2.92. The second kappa shape index (κ2) is 4.75. The Hall–Kier alpha value is -0.890. The minimum absolute atomic E-state index is 0.106. The molecule has 0 bridgehead atoms. The molecular weight excluding hydrogens is 191 g/mol. The summed E-state index contributed by atoms with van der Waals surface area (Å²) in [6, 6.07) is 6.62. The van der Waals surface area contributed by atoms with Crippen LogP contribution in [-0.2, 0) is 6.42 Å². The van der Waals surface area contributed by atoms with Gasteiger partial charge in [-0.1, -0.05) is 12.1 Å². The van der Waals surface area contributed by atoms with Gasteiger partial charge in [0, 0.05) is 0 Å². The van der Waals surface area contributed by atoms with Crippen molar-refractivity contribution in [2.75, 3.05) is 0 Å². The second-order valence-electron chi connectivity index (χ2n) is 4.42. The Balaban J connectivity index is 1.70. The van der Waals surface area contributed by atoms with Crippen molar-refractivity contribution in [3.05, 3.63) is 35.6 Å². The van der Waals surface area contributed by atoms with Crippen molar-refractivity contribution in [2.45, 2.75) is 38.2 Å². The average Bonchev–Trinajstić information content (AvgIpc) is 3.04. The monoisotopic (exact) mass is 208 g/mol. The van der Waals surface area contributed by atoms with Crippen LogP contribution >= 0.6 is 0 Å². The van der Waals surface area contributed by atoms with Gasteiger partial charge in [0.25, 0.3) is 0 Å². The van der Waals surface area contributed by atoms with E-state index < -0.39 is 0 Å². The fourth-order valence-electron chi connectivity index (χ4n) is 1.88. The number of halogens is 1. The van der Waals surface area contributed by atoms with Crippen molar-refractivity contribution in [1.82, 2.24) is 0 Å². The Bertz CT molecular complexity index is 303. The third-order valence-corrected chi connectivity index (χ3v) is 3.04. The summed E-state index contributed by atoms with van der Waals surface area (Å²) in [6.45, 7) is 0. The van der Waals surface area contributed by atoms with Crippen LogP contribution in [0.25, 0.3) is 0 Å². The maximum absolute atomic E-state index is 12.6. The van der Waals surface area contributed by atoms with Crippen molar-refractivity contribution in [3.8, 4) is 0 Å². The lowest BCUT2D eigenvalue weighted by atomic mass is 10.0. The van der Waals surface area contributed by atoms with E-state index in [1.165, 1.54) is 25.0 Å². The van der Waals surface area contributed by atoms with E-state index in [9.17, 15) is 9.50 Å². The summed E-state index contributed by atoms with van der Waals surface area (Å²) in [4.78, 5) is 0. The molecule has 1 aromatic carbocycles. The molecule has 1 atom stereocenters. The molecule has 0 amide bonds. The lowest BCUT2D eigenvalue weighted by Gasteiger charge is -2.08. The van der Waals surface area contributed by atoms with E-state index in [0.717, 1.165) is 24.8 Å². The highest BCUT2D eigenvalue weighted by molar-refractivity contribution is 5.15. The molecule has 1 unspecified atom stereocenters. The summed E-state index contributed by atoms with van der Waals surface area (Å²) in [5, 5.41) is 9.65. The molecule has 0 heterocycles. The van der Waals surface area contributed by atoms with Gasteiger partial charge in [0.2, 0.25) is 0 Å². The SMILES string of the molecule is OC(CCCc1ccc(F)cc1)C1CC1. The summed E-state index contributed by atoms with van der Waals surface area (Å²) in [6.07, 6.45) is 5.08. The molecule has 0 aliphatic heterocycles. The van der Waals surface area contributed by atoms with E-state index in [1.54, 1.807) is 0 Å². The number of rotatable bonds is 5. The Morgan fingerprint density at radius 3 is 2.53 bits per heavy atom. The Morgan fingerprint density at radius 2 is 1.93 bits per heavy atom. The van der Waals surface area contributed by atoms with Gasteiger partial charge < -0.3 is 5.11 Å². The molecule has 0 saturated heterocycles. The Kier molecular flexibility index (Phi) is 3.37. The number of benzene rings is 1. The molecule has 1 fully saturated rings. The van der Waals surface area contributed by atoms with E-state index in [0.29, 0.717) is 5.92 Å². The maximum atomic E-state index is 12.6. The third kappa shape index (κ3) is 3.31. The van der Waals surface area contributed by atoms with Gasteiger partial charge in [-0.2, -0.15) is 0 Å². The van der Waals surface area contributed by atoms with Crippen molar-refractivity contribution in [2.24, 2.45) is 5.92 Å². The van der Waals surface area contributed by atoms with Gasteiger partial charge in [-0.05, 0) is 55.7 Å². The van der Waals surface area contributed by atoms with E-state index in [2.05, 4.69) is 0 Å². The van der Waals surface area contributed by atoms with E-state index >= 15 is 0 Å². The van der Waals surface area contributed by atoms with Gasteiger partial charge in [0.1, 0.15) is 5.82 Å². The van der Waals surface area contributed by atoms with Crippen LogP contribution in [0.2, 0.25) is 0 Å². The van der Waals surface area contributed by atoms with Crippen LogP contribution in [0.3, 0.4) is 0 Å². The molecule has 1 aliphatic rings. The molecule has 1 nitrogen and oxygen atoms in total. The molecule has 15 heavy (non-hydrogen) atoms. The summed E-state index contributed by atoms with van der Waals surface area (Å²) in [7, 11) is 0. The number of hydrogen-bond acceptors (Lipinski definition) is 1. The van der Waals surface area contributed by atoms with Crippen LogP contribution in [-0.4, -0.2) is 11.2 Å². The molecule has 0 spiro atoms. The number of aliphatic hydroxyl groups is 1. The van der Waals surface area contributed by atoms with Gasteiger partial charge in [-0.25, -0.2) is 4.39 Å². The first-order chi connectivity index (χ1) is 7.25. The van der Waals surface area contributed by atoms with Crippen LogP contribution < -0.4 is 0 Å². The van der Waals surface area contributed by atoms with Gasteiger partial charge in [-0.15, -0.1) is 0 Å². The molecule has 1 saturated carbocycles. The van der Waals surface area contributed by atoms with Crippen molar-refractivity contribution in [3.63, 3.8) is 0 Å². The van der Waals surface area contributed by atoms with Crippen molar-refractivity contribution >= 4 is 0 Å². The molecule has 82 valence electrons. The minimum Gasteiger partial charge on any atom is -0.393 e. The highest BCUT2D eigenvalue weighted by atomic mass is 19.1. The molecule has 1 aromatic rings. The standard InChI is InChI=1S/C13H17FO/c14-12-8-4-10(5-9-12)2-1-3-13(15)11-6-7-11/h4-5,8-9,11,13,15H,1-3,6-7H2. The molecule has 0 aromatic heterocycles. The molecule has 2 heteroatoms. The van der Waals surface area contributed by atoms with Gasteiger partial charge >= 0.3 is 0 Å². The number of aliphatic hydroxyl groups excluding tert-OH is 1. The summed E-state index contributed by atoms with van der Waals surface area (Å²) in [5.74, 6) is 0.384. The fraction of sp³-hybridized carbons (Fsp3) is 0.538. The molecule has 2 rings (SSSR count). The first-order valence-corrected chi connectivity index (χ1v) is 5.68. The maximum Gasteiger partial charge on any atom is 0.123 e. The Morgan fingerprint density at radius 1 is 1.27 bits per heavy atom. The largest absolute Gasteiger partial charge is 0.393 e. The summed E-state index contributed by atoms with van der Waals surface area (Å²) >= 11 is 0. The van der Waals surface area contributed by atoms with Gasteiger partial charge in [0.15, 0.2) is 0 Å². The summed E-state index contributed by atoms with van der Waals surface area (Å²) in [5.41, 5.74) is 1.15. The van der Waals surface area contributed by atoms with Crippen LogP contribution in [0.15, 0.2) is 24.3 Å². The van der Waals surface area contributed by atoms with Crippen molar-refractivity contribution in [1.29, 1.82) is 0 Å².